The molecule has 5 heteroatoms. The highest BCUT2D eigenvalue weighted by Gasteiger charge is 2.21. The number of aryl methyl sites for hydroxylation is 2. The summed E-state index contributed by atoms with van der Waals surface area (Å²) < 4.78 is 0. The Labute approximate surface area is 165 Å². The predicted octanol–water partition coefficient (Wildman–Crippen LogP) is 4.58. The summed E-state index contributed by atoms with van der Waals surface area (Å²) in [5.74, 6) is 0.910. The minimum Gasteiger partial charge on any atom is -0.339 e. The maximum Gasteiger partial charge on any atom is 0.254 e. The summed E-state index contributed by atoms with van der Waals surface area (Å²) in [4.78, 5) is 29.0. The molecule has 144 valence electrons. The van der Waals surface area contributed by atoms with Crippen molar-refractivity contribution in [2.24, 2.45) is 0 Å². The van der Waals surface area contributed by atoms with Crippen LogP contribution in [0.5, 0.6) is 0 Å². The minimum absolute atomic E-state index is 0.104. The van der Waals surface area contributed by atoms with Gasteiger partial charge in [-0.1, -0.05) is 31.4 Å². The first-order chi connectivity index (χ1) is 13.7. The number of carbonyl (C=O) groups excluding carboxylic acids is 1. The van der Waals surface area contributed by atoms with E-state index in [1.54, 1.807) is 12.4 Å². The maximum atomic E-state index is 13.4. The Kier molecular flexibility index (Phi) is 5.33. The van der Waals surface area contributed by atoms with Gasteiger partial charge in [0.2, 0.25) is 0 Å². The van der Waals surface area contributed by atoms with Crippen LogP contribution in [-0.4, -0.2) is 38.8 Å². The van der Waals surface area contributed by atoms with Crippen molar-refractivity contribution in [3.63, 3.8) is 0 Å². The van der Waals surface area contributed by atoms with Crippen molar-refractivity contribution in [2.45, 2.75) is 46.0 Å². The number of nitrogens with zero attached hydrogens (tertiary/aromatic N) is 4. The van der Waals surface area contributed by atoms with Gasteiger partial charge in [-0.3, -0.25) is 4.79 Å². The lowest BCUT2D eigenvalue weighted by Crippen LogP contribution is -2.32. The Hall–Kier alpha value is -2.82. The monoisotopic (exact) mass is 374 g/mol. The van der Waals surface area contributed by atoms with Crippen molar-refractivity contribution in [3.8, 4) is 11.3 Å². The molecular formula is C23H26N4O. The van der Waals surface area contributed by atoms with Gasteiger partial charge < -0.3 is 4.90 Å². The topological polar surface area (TPSA) is 59.0 Å². The maximum absolute atomic E-state index is 13.4. The van der Waals surface area contributed by atoms with Crippen molar-refractivity contribution >= 4 is 16.8 Å². The molecule has 5 nitrogen and oxygen atoms in total. The summed E-state index contributed by atoms with van der Waals surface area (Å²) in [6.45, 7) is 5.74. The van der Waals surface area contributed by atoms with Crippen molar-refractivity contribution in [1.82, 2.24) is 19.9 Å². The van der Waals surface area contributed by atoms with Crippen molar-refractivity contribution < 1.29 is 4.79 Å². The van der Waals surface area contributed by atoms with Crippen LogP contribution in [0.2, 0.25) is 0 Å². The molecule has 0 aliphatic carbocycles. The Morgan fingerprint density at radius 2 is 1.75 bits per heavy atom. The molecule has 1 amide bonds. The van der Waals surface area contributed by atoms with Gasteiger partial charge in [-0.2, -0.15) is 0 Å². The molecule has 0 atom stereocenters. The lowest BCUT2D eigenvalue weighted by molar-refractivity contribution is 0.0763. The molecule has 1 aromatic carbocycles. The molecule has 0 radical (unpaired) electrons. The number of fused-ring (bicyclic) bond motifs is 1. The summed E-state index contributed by atoms with van der Waals surface area (Å²) in [6.07, 6.45) is 8.95. The van der Waals surface area contributed by atoms with E-state index < -0.39 is 0 Å². The lowest BCUT2D eigenvalue weighted by atomic mass is 10.0. The third-order valence-electron chi connectivity index (χ3n) is 5.41. The van der Waals surface area contributed by atoms with Crippen LogP contribution in [-0.2, 0) is 6.42 Å². The normalized spacial score (nSPS) is 14.9. The summed E-state index contributed by atoms with van der Waals surface area (Å²) in [7, 11) is 0. The van der Waals surface area contributed by atoms with Gasteiger partial charge >= 0.3 is 0 Å². The number of pyridine rings is 1. The van der Waals surface area contributed by atoms with Gasteiger partial charge in [0.05, 0.1) is 16.8 Å². The number of aromatic nitrogens is 3. The van der Waals surface area contributed by atoms with Crippen LogP contribution in [0, 0.1) is 6.92 Å². The first kappa shape index (κ1) is 18.5. The third-order valence-corrected chi connectivity index (χ3v) is 5.41. The zero-order valence-corrected chi connectivity index (χ0v) is 16.6. The van der Waals surface area contributed by atoms with E-state index in [2.05, 4.69) is 16.0 Å². The highest BCUT2D eigenvalue weighted by atomic mass is 16.2. The molecule has 1 aliphatic heterocycles. The molecule has 0 bridgehead atoms. The third kappa shape index (κ3) is 3.75. The first-order valence-electron chi connectivity index (χ1n) is 10.2. The molecule has 0 spiro atoms. The standard InChI is InChI=1S/C23H26N4O/c1-3-22-24-14-17(15-25-22)21-13-19(18-12-16(2)8-9-20(18)26-21)23(28)27-10-6-4-5-7-11-27/h8-9,12-15H,3-7,10-11H2,1-2H3. The van der Waals surface area contributed by atoms with Crippen LogP contribution in [0.3, 0.4) is 0 Å². The fourth-order valence-electron chi connectivity index (χ4n) is 3.78. The second-order valence-electron chi connectivity index (χ2n) is 7.52. The van der Waals surface area contributed by atoms with E-state index in [-0.39, 0.29) is 5.91 Å². The van der Waals surface area contributed by atoms with Gasteiger partial charge in [0.15, 0.2) is 0 Å². The summed E-state index contributed by atoms with van der Waals surface area (Å²) in [5.41, 5.74) is 4.27. The molecule has 1 fully saturated rings. The van der Waals surface area contributed by atoms with E-state index in [1.807, 2.05) is 36.9 Å². The summed E-state index contributed by atoms with van der Waals surface area (Å²) in [5, 5.41) is 0.920. The molecular weight excluding hydrogens is 348 g/mol. The van der Waals surface area contributed by atoms with Crippen molar-refractivity contribution in [3.05, 3.63) is 53.6 Å². The van der Waals surface area contributed by atoms with Crippen LogP contribution in [0.25, 0.3) is 22.2 Å². The molecule has 28 heavy (non-hydrogen) atoms. The molecule has 0 unspecified atom stereocenters. The van der Waals surface area contributed by atoms with Crippen LogP contribution in [0.4, 0.5) is 0 Å². The van der Waals surface area contributed by atoms with Crippen molar-refractivity contribution in [2.75, 3.05) is 13.1 Å². The molecule has 0 saturated carbocycles. The second-order valence-corrected chi connectivity index (χ2v) is 7.52. The fraction of sp³-hybridized carbons (Fsp3) is 0.391. The van der Waals surface area contributed by atoms with E-state index in [9.17, 15) is 4.79 Å². The van der Waals surface area contributed by atoms with Crippen LogP contribution in [0.1, 0.15) is 54.4 Å². The van der Waals surface area contributed by atoms with Gasteiger partial charge in [0, 0.05) is 42.9 Å². The zero-order chi connectivity index (χ0) is 19.5. The number of rotatable bonds is 3. The zero-order valence-electron chi connectivity index (χ0n) is 16.6. The van der Waals surface area contributed by atoms with Gasteiger partial charge in [0.1, 0.15) is 5.82 Å². The molecule has 1 aliphatic rings. The Balaban J connectivity index is 1.82. The van der Waals surface area contributed by atoms with Gasteiger partial charge in [-0.05, 0) is 38.0 Å². The summed E-state index contributed by atoms with van der Waals surface area (Å²) in [6, 6.07) is 8.01. The average Bonchev–Trinajstić information content (AvgIpc) is 3.02. The van der Waals surface area contributed by atoms with Crippen molar-refractivity contribution in [1.29, 1.82) is 0 Å². The molecule has 3 heterocycles. The number of hydrogen-bond acceptors (Lipinski definition) is 4. The average molecular weight is 374 g/mol. The Morgan fingerprint density at radius 3 is 2.43 bits per heavy atom. The summed E-state index contributed by atoms with van der Waals surface area (Å²) >= 11 is 0. The first-order valence-corrected chi connectivity index (χ1v) is 10.2. The number of amides is 1. The molecule has 3 aromatic rings. The van der Waals surface area contributed by atoms with Gasteiger partial charge in [-0.15, -0.1) is 0 Å². The number of hydrogen-bond donors (Lipinski definition) is 0. The van der Waals surface area contributed by atoms with Gasteiger partial charge in [0.25, 0.3) is 5.91 Å². The molecule has 2 aromatic heterocycles. The van der Waals surface area contributed by atoms with E-state index in [4.69, 9.17) is 4.98 Å². The van der Waals surface area contributed by atoms with Gasteiger partial charge in [-0.25, -0.2) is 15.0 Å². The highest BCUT2D eigenvalue weighted by molar-refractivity contribution is 6.07. The number of benzene rings is 1. The van der Waals surface area contributed by atoms with E-state index in [0.717, 1.165) is 71.5 Å². The highest BCUT2D eigenvalue weighted by Crippen LogP contribution is 2.27. The Bertz CT molecular complexity index is 989. The van der Waals surface area contributed by atoms with Crippen LogP contribution < -0.4 is 0 Å². The second kappa shape index (κ2) is 8.05. The quantitative estimate of drug-likeness (QED) is 0.673. The minimum atomic E-state index is 0.104. The van der Waals surface area contributed by atoms with E-state index in [1.165, 1.54) is 12.8 Å². The van der Waals surface area contributed by atoms with Crippen LogP contribution >= 0.6 is 0 Å². The molecule has 0 N–H and O–H groups in total. The smallest absolute Gasteiger partial charge is 0.254 e. The fourth-order valence-corrected chi connectivity index (χ4v) is 3.78. The predicted molar refractivity (Wildman–Crippen MR) is 111 cm³/mol. The largest absolute Gasteiger partial charge is 0.339 e. The van der Waals surface area contributed by atoms with Crippen LogP contribution in [0.15, 0.2) is 36.7 Å². The number of carbonyl (C=O) groups is 1. The SMILES string of the molecule is CCc1ncc(-c2cc(C(=O)N3CCCCCC3)c3cc(C)ccc3n2)cn1. The Morgan fingerprint density at radius 1 is 1.04 bits per heavy atom. The number of likely N-dealkylation sites (tertiary alicyclic amines) is 1. The molecule has 4 rings (SSSR count). The van der Waals surface area contributed by atoms with E-state index >= 15 is 0 Å². The lowest BCUT2D eigenvalue weighted by Gasteiger charge is -2.21. The molecule has 1 saturated heterocycles. The van der Waals surface area contributed by atoms with E-state index in [0.29, 0.717) is 0 Å².